The van der Waals surface area contributed by atoms with Crippen molar-refractivity contribution in [3.8, 4) is 9.88 Å². The highest BCUT2D eigenvalue weighted by Gasteiger charge is 2.24. The molecular weight excluding hydrogens is 262 g/mol. The van der Waals surface area contributed by atoms with Crippen LogP contribution in [0.15, 0.2) is 11.7 Å². The van der Waals surface area contributed by atoms with E-state index < -0.39 is 0 Å². The second-order valence-corrected chi connectivity index (χ2v) is 6.56. The predicted molar refractivity (Wildman–Crippen MR) is 77.4 cm³/mol. The zero-order valence-electron chi connectivity index (χ0n) is 10.5. The van der Waals surface area contributed by atoms with Crippen LogP contribution in [0.5, 0.6) is 0 Å². The Bertz CT molecular complexity index is 504. The minimum absolute atomic E-state index is 0.603. The van der Waals surface area contributed by atoms with Crippen molar-refractivity contribution in [1.82, 2.24) is 15.3 Å². The number of aromatic nitrogens is 2. The van der Waals surface area contributed by atoms with E-state index in [0.29, 0.717) is 5.92 Å². The maximum atomic E-state index is 4.88. The molecule has 1 atom stereocenters. The summed E-state index contributed by atoms with van der Waals surface area (Å²) < 4.78 is 0. The summed E-state index contributed by atoms with van der Waals surface area (Å²) in [6, 6.07) is 0. The first-order valence-electron chi connectivity index (χ1n) is 6.47. The number of rotatable bonds is 4. The quantitative estimate of drug-likeness (QED) is 0.933. The topological polar surface area (TPSA) is 37.8 Å². The predicted octanol–water partition coefficient (Wildman–Crippen LogP) is 3.30. The molecular formula is C13H17N3S2. The van der Waals surface area contributed by atoms with E-state index in [9.17, 15) is 0 Å². The lowest BCUT2D eigenvalue weighted by Gasteiger charge is -2.21. The van der Waals surface area contributed by atoms with Crippen LogP contribution in [0.1, 0.15) is 36.3 Å². The Hall–Kier alpha value is -0.780. The van der Waals surface area contributed by atoms with Crippen LogP contribution in [0, 0.1) is 0 Å². The molecule has 1 unspecified atom stereocenters. The molecule has 0 radical (unpaired) electrons. The molecule has 5 heteroatoms. The maximum Gasteiger partial charge on any atom is 0.135 e. The van der Waals surface area contributed by atoms with E-state index in [1.807, 2.05) is 23.0 Å². The van der Waals surface area contributed by atoms with Gasteiger partial charge in [-0.05, 0) is 25.8 Å². The summed E-state index contributed by atoms with van der Waals surface area (Å²) in [5.74, 6) is 0.603. The molecule has 0 aromatic carbocycles. The van der Waals surface area contributed by atoms with Crippen LogP contribution >= 0.6 is 22.7 Å². The lowest BCUT2D eigenvalue weighted by molar-refractivity contribution is 0.509. The highest BCUT2D eigenvalue weighted by Crippen LogP contribution is 2.38. The summed E-state index contributed by atoms with van der Waals surface area (Å²) in [7, 11) is 0. The van der Waals surface area contributed by atoms with Gasteiger partial charge in [0, 0.05) is 23.5 Å². The molecule has 1 aliphatic rings. The van der Waals surface area contributed by atoms with E-state index in [1.165, 1.54) is 34.7 Å². The van der Waals surface area contributed by atoms with Crippen LogP contribution in [0.2, 0.25) is 0 Å². The van der Waals surface area contributed by atoms with Gasteiger partial charge in [0.25, 0.3) is 0 Å². The molecule has 3 rings (SSSR count). The first-order chi connectivity index (χ1) is 8.88. The molecule has 0 saturated carbocycles. The number of nitrogens with zero attached hydrogens (tertiary/aromatic N) is 2. The lowest BCUT2D eigenvalue weighted by atomic mass is 9.91. The molecule has 0 fully saturated rings. The van der Waals surface area contributed by atoms with E-state index in [-0.39, 0.29) is 0 Å². The van der Waals surface area contributed by atoms with Crippen molar-refractivity contribution in [1.29, 1.82) is 0 Å². The second kappa shape index (κ2) is 5.47. The van der Waals surface area contributed by atoms with Crippen molar-refractivity contribution in [3.63, 3.8) is 0 Å². The fourth-order valence-corrected chi connectivity index (χ4v) is 4.32. The van der Waals surface area contributed by atoms with Gasteiger partial charge in [0.05, 0.1) is 16.1 Å². The molecule has 2 aromatic rings. The van der Waals surface area contributed by atoms with Crippen molar-refractivity contribution >= 4 is 22.7 Å². The van der Waals surface area contributed by atoms with Crippen molar-refractivity contribution in [2.75, 3.05) is 13.1 Å². The molecule has 3 nitrogen and oxygen atoms in total. The Morgan fingerprint density at radius 2 is 2.44 bits per heavy atom. The van der Waals surface area contributed by atoms with E-state index in [2.05, 4.69) is 17.2 Å². The van der Waals surface area contributed by atoms with Gasteiger partial charge in [0.2, 0.25) is 0 Å². The third-order valence-electron chi connectivity index (χ3n) is 3.35. The first-order valence-corrected chi connectivity index (χ1v) is 8.17. The standard InChI is InChI=1S/C13H17N3S2/c1-2-14-6-9-4-3-5-10-12(9)16-13(18-10)11-7-15-8-17-11/h7-9,14H,2-6H2,1H3. The number of nitrogens with one attached hydrogen (secondary N) is 1. The summed E-state index contributed by atoms with van der Waals surface area (Å²) in [5, 5.41) is 4.62. The van der Waals surface area contributed by atoms with Gasteiger partial charge < -0.3 is 5.32 Å². The zero-order valence-corrected chi connectivity index (χ0v) is 12.1. The van der Waals surface area contributed by atoms with Gasteiger partial charge in [-0.3, -0.25) is 4.98 Å². The van der Waals surface area contributed by atoms with Gasteiger partial charge in [-0.15, -0.1) is 22.7 Å². The van der Waals surface area contributed by atoms with Gasteiger partial charge >= 0.3 is 0 Å². The highest BCUT2D eigenvalue weighted by atomic mass is 32.1. The lowest BCUT2D eigenvalue weighted by Crippen LogP contribution is -2.23. The fourth-order valence-electron chi connectivity index (χ4n) is 2.45. The zero-order chi connectivity index (χ0) is 12.4. The van der Waals surface area contributed by atoms with E-state index in [4.69, 9.17) is 4.98 Å². The largest absolute Gasteiger partial charge is 0.316 e. The van der Waals surface area contributed by atoms with E-state index in [1.54, 1.807) is 11.3 Å². The number of hydrogen-bond donors (Lipinski definition) is 1. The second-order valence-electron chi connectivity index (χ2n) is 4.59. The van der Waals surface area contributed by atoms with Crippen molar-refractivity contribution < 1.29 is 0 Å². The Morgan fingerprint density at radius 1 is 1.50 bits per heavy atom. The summed E-state index contributed by atoms with van der Waals surface area (Å²) in [6.45, 7) is 4.26. The maximum absolute atomic E-state index is 4.88. The van der Waals surface area contributed by atoms with Gasteiger partial charge in [-0.2, -0.15) is 0 Å². The van der Waals surface area contributed by atoms with Crippen LogP contribution < -0.4 is 5.32 Å². The molecule has 0 bridgehead atoms. The average molecular weight is 279 g/mol. The molecule has 0 spiro atoms. The van der Waals surface area contributed by atoms with Crippen LogP contribution in [0.4, 0.5) is 0 Å². The smallest absolute Gasteiger partial charge is 0.135 e. The molecule has 2 aromatic heterocycles. The molecule has 0 amide bonds. The highest BCUT2D eigenvalue weighted by molar-refractivity contribution is 7.20. The third kappa shape index (κ3) is 2.35. The Morgan fingerprint density at radius 3 is 3.22 bits per heavy atom. The molecule has 1 N–H and O–H groups in total. The van der Waals surface area contributed by atoms with Crippen molar-refractivity contribution in [2.45, 2.75) is 32.1 Å². The SMILES string of the molecule is CCNCC1CCCc2sc(-c3cncs3)nc21. The monoisotopic (exact) mass is 279 g/mol. The summed E-state index contributed by atoms with van der Waals surface area (Å²) in [4.78, 5) is 11.7. The van der Waals surface area contributed by atoms with Crippen LogP contribution in [0.25, 0.3) is 9.88 Å². The third-order valence-corrected chi connectivity index (χ3v) is 5.43. The summed E-state index contributed by atoms with van der Waals surface area (Å²) >= 11 is 3.54. The first kappa shape index (κ1) is 12.3. The molecule has 2 heterocycles. The van der Waals surface area contributed by atoms with Crippen LogP contribution in [-0.4, -0.2) is 23.1 Å². The Kier molecular flexibility index (Phi) is 3.72. The van der Waals surface area contributed by atoms with Gasteiger partial charge in [-0.25, -0.2) is 4.98 Å². The molecule has 96 valence electrons. The van der Waals surface area contributed by atoms with E-state index >= 15 is 0 Å². The van der Waals surface area contributed by atoms with Gasteiger partial charge in [0.1, 0.15) is 5.01 Å². The van der Waals surface area contributed by atoms with Crippen molar-refractivity contribution in [3.05, 3.63) is 22.3 Å². The van der Waals surface area contributed by atoms with E-state index in [0.717, 1.165) is 18.1 Å². The number of thiazole rings is 2. The van der Waals surface area contributed by atoms with Crippen LogP contribution in [-0.2, 0) is 6.42 Å². The number of likely N-dealkylation sites (N-methyl/N-ethyl adjacent to an activating group) is 1. The Balaban J connectivity index is 1.88. The van der Waals surface area contributed by atoms with Gasteiger partial charge in [0.15, 0.2) is 0 Å². The molecule has 0 aliphatic heterocycles. The Labute approximate surface area is 115 Å². The normalized spacial score (nSPS) is 18.8. The minimum Gasteiger partial charge on any atom is -0.316 e. The summed E-state index contributed by atoms with van der Waals surface area (Å²) in [6.07, 6.45) is 5.70. The number of hydrogen-bond acceptors (Lipinski definition) is 5. The molecule has 18 heavy (non-hydrogen) atoms. The number of fused-ring (bicyclic) bond motifs is 1. The average Bonchev–Trinajstić information content (AvgIpc) is 3.03. The number of aryl methyl sites for hydroxylation is 1. The van der Waals surface area contributed by atoms with Crippen LogP contribution in [0.3, 0.4) is 0 Å². The fraction of sp³-hybridized carbons (Fsp3) is 0.538. The van der Waals surface area contributed by atoms with Gasteiger partial charge in [-0.1, -0.05) is 6.92 Å². The van der Waals surface area contributed by atoms with Crippen molar-refractivity contribution in [2.24, 2.45) is 0 Å². The summed E-state index contributed by atoms with van der Waals surface area (Å²) in [5.41, 5.74) is 3.22. The molecule has 0 saturated heterocycles. The minimum atomic E-state index is 0.603. The molecule has 1 aliphatic carbocycles.